The minimum Gasteiger partial charge on any atom is -0.355 e. The van der Waals surface area contributed by atoms with E-state index in [0.717, 1.165) is 24.8 Å². The maximum atomic E-state index is 12.0. The van der Waals surface area contributed by atoms with Gasteiger partial charge in [0, 0.05) is 25.2 Å². The maximum absolute atomic E-state index is 12.0. The van der Waals surface area contributed by atoms with Crippen LogP contribution in [0.15, 0.2) is 24.3 Å². The first kappa shape index (κ1) is 14.5. The van der Waals surface area contributed by atoms with Crippen molar-refractivity contribution >= 4 is 11.8 Å². The van der Waals surface area contributed by atoms with E-state index in [1.807, 2.05) is 12.1 Å². The molecule has 2 amide bonds. The maximum Gasteiger partial charge on any atom is 0.251 e. The van der Waals surface area contributed by atoms with Gasteiger partial charge >= 0.3 is 0 Å². The zero-order chi connectivity index (χ0) is 14.5. The van der Waals surface area contributed by atoms with Crippen LogP contribution < -0.4 is 16.4 Å². The summed E-state index contributed by atoms with van der Waals surface area (Å²) in [5, 5.41) is 5.48. The van der Waals surface area contributed by atoms with Crippen LogP contribution in [0.5, 0.6) is 0 Å². The molecule has 1 aliphatic rings. The standard InChI is InChI=1S/C15H21N3O2/c1-17-14(19)11-7-5-10(6-8-11)9-18-15(20)12-3-2-4-13(12)16/h5-8,12-13H,2-4,9,16H2,1H3,(H,17,19)(H,18,20). The predicted octanol–water partition coefficient (Wildman–Crippen LogP) is 0.790. The fourth-order valence-corrected chi connectivity index (χ4v) is 2.55. The highest BCUT2D eigenvalue weighted by atomic mass is 16.2. The van der Waals surface area contributed by atoms with Crippen molar-refractivity contribution in [1.29, 1.82) is 0 Å². The summed E-state index contributed by atoms with van der Waals surface area (Å²) < 4.78 is 0. The van der Waals surface area contributed by atoms with Crippen molar-refractivity contribution in [1.82, 2.24) is 10.6 Å². The normalized spacial score (nSPS) is 21.5. The SMILES string of the molecule is CNC(=O)c1ccc(CNC(=O)C2CCCC2N)cc1. The largest absolute Gasteiger partial charge is 0.355 e. The van der Waals surface area contributed by atoms with E-state index < -0.39 is 0 Å². The third kappa shape index (κ3) is 3.36. The molecule has 1 aliphatic carbocycles. The average Bonchev–Trinajstić information content (AvgIpc) is 2.90. The van der Waals surface area contributed by atoms with Crippen molar-refractivity contribution in [2.24, 2.45) is 11.7 Å². The summed E-state index contributed by atoms with van der Waals surface area (Å²) >= 11 is 0. The molecule has 1 saturated carbocycles. The highest BCUT2D eigenvalue weighted by Crippen LogP contribution is 2.24. The molecule has 2 rings (SSSR count). The van der Waals surface area contributed by atoms with Crippen molar-refractivity contribution in [3.05, 3.63) is 35.4 Å². The summed E-state index contributed by atoms with van der Waals surface area (Å²) in [5.74, 6) is -0.136. The van der Waals surface area contributed by atoms with Crippen LogP contribution in [-0.4, -0.2) is 24.9 Å². The number of carbonyl (C=O) groups is 2. The molecule has 108 valence electrons. The molecule has 0 spiro atoms. The molecule has 4 N–H and O–H groups in total. The van der Waals surface area contributed by atoms with Crippen LogP contribution in [0.1, 0.15) is 35.2 Å². The lowest BCUT2D eigenvalue weighted by Crippen LogP contribution is -2.38. The van der Waals surface area contributed by atoms with Gasteiger partial charge in [-0.3, -0.25) is 9.59 Å². The number of hydrogen-bond donors (Lipinski definition) is 3. The molecule has 0 bridgehead atoms. The summed E-state index contributed by atoms with van der Waals surface area (Å²) in [6, 6.07) is 7.19. The molecule has 1 aromatic rings. The Morgan fingerprint density at radius 2 is 1.95 bits per heavy atom. The van der Waals surface area contributed by atoms with E-state index in [4.69, 9.17) is 5.73 Å². The summed E-state index contributed by atoms with van der Waals surface area (Å²) in [6.07, 6.45) is 2.83. The molecule has 0 saturated heterocycles. The Morgan fingerprint density at radius 3 is 2.50 bits per heavy atom. The number of nitrogens with one attached hydrogen (secondary N) is 2. The molecule has 0 aliphatic heterocycles. The molecular weight excluding hydrogens is 254 g/mol. The Labute approximate surface area is 118 Å². The first-order chi connectivity index (χ1) is 9.61. The van der Waals surface area contributed by atoms with Gasteiger partial charge in [-0.2, -0.15) is 0 Å². The van der Waals surface area contributed by atoms with Crippen LogP contribution in [-0.2, 0) is 11.3 Å². The highest BCUT2D eigenvalue weighted by Gasteiger charge is 2.29. The van der Waals surface area contributed by atoms with Crippen molar-refractivity contribution in [2.45, 2.75) is 31.8 Å². The Bertz CT molecular complexity index is 484. The van der Waals surface area contributed by atoms with Gasteiger partial charge in [0.1, 0.15) is 0 Å². The molecule has 1 aromatic carbocycles. The van der Waals surface area contributed by atoms with Gasteiger partial charge in [0.2, 0.25) is 5.91 Å². The topological polar surface area (TPSA) is 84.2 Å². The molecule has 0 heterocycles. The molecule has 2 atom stereocenters. The third-order valence-corrected chi connectivity index (χ3v) is 3.82. The Kier molecular flexibility index (Phi) is 4.74. The van der Waals surface area contributed by atoms with Gasteiger partial charge in [-0.25, -0.2) is 0 Å². The molecule has 0 radical (unpaired) electrons. The van der Waals surface area contributed by atoms with Crippen molar-refractivity contribution in [3.8, 4) is 0 Å². The monoisotopic (exact) mass is 275 g/mol. The van der Waals surface area contributed by atoms with Crippen LogP contribution in [0.3, 0.4) is 0 Å². The summed E-state index contributed by atoms with van der Waals surface area (Å²) in [4.78, 5) is 23.4. The summed E-state index contributed by atoms with van der Waals surface area (Å²) in [7, 11) is 1.60. The highest BCUT2D eigenvalue weighted by molar-refractivity contribution is 5.93. The quantitative estimate of drug-likeness (QED) is 0.759. The third-order valence-electron chi connectivity index (χ3n) is 3.82. The van der Waals surface area contributed by atoms with E-state index in [-0.39, 0.29) is 23.8 Å². The molecule has 5 heteroatoms. The average molecular weight is 275 g/mol. The first-order valence-corrected chi connectivity index (χ1v) is 6.96. The Balaban J connectivity index is 1.87. The van der Waals surface area contributed by atoms with E-state index >= 15 is 0 Å². The van der Waals surface area contributed by atoms with Crippen LogP contribution in [0.4, 0.5) is 0 Å². The number of amides is 2. The fraction of sp³-hybridized carbons (Fsp3) is 0.467. The minimum atomic E-state index is -0.113. The summed E-state index contributed by atoms with van der Waals surface area (Å²) in [6.45, 7) is 0.468. The van der Waals surface area contributed by atoms with Crippen LogP contribution in [0, 0.1) is 5.92 Å². The lowest BCUT2D eigenvalue weighted by atomic mass is 10.0. The lowest BCUT2D eigenvalue weighted by Gasteiger charge is -2.15. The van der Waals surface area contributed by atoms with Gasteiger partial charge in [-0.15, -0.1) is 0 Å². The van der Waals surface area contributed by atoms with E-state index in [0.29, 0.717) is 12.1 Å². The minimum absolute atomic E-state index is 0.00868. The smallest absolute Gasteiger partial charge is 0.251 e. The molecule has 20 heavy (non-hydrogen) atoms. The number of hydrogen-bond acceptors (Lipinski definition) is 3. The number of nitrogens with two attached hydrogens (primary N) is 1. The van der Waals surface area contributed by atoms with Gasteiger partial charge in [-0.05, 0) is 30.5 Å². The fourth-order valence-electron chi connectivity index (χ4n) is 2.55. The van der Waals surface area contributed by atoms with E-state index in [1.165, 1.54) is 0 Å². The Hall–Kier alpha value is -1.88. The number of rotatable bonds is 4. The van der Waals surface area contributed by atoms with Gasteiger partial charge in [-0.1, -0.05) is 18.6 Å². The summed E-state index contributed by atoms with van der Waals surface area (Å²) in [5.41, 5.74) is 7.49. The number of benzene rings is 1. The number of carbonyl (C=O) groups excluding carboxylic acids is 2. The van der Waals surface area contributed by atoms with Gasteiger partial charge < -0.3 is 16.4 Å². The van der Waals surface area contributed by atoms with Crippen molar-refractivity contribution in [3.63, 3.8) is 0 Å². The van der Waals surface area contributed by atoms with Crippen LogP contribution >= 0.6 is 0 Å². The lowest BCUT2D eigenvalue weighted by molar-refractivity contribution is -0.125. The molecule has 5 nitrogen and oxygen atoms in total. The second kappa shape index (κ2) is 6.52. The van der Waals surface area contributed by atoms with Gasteiger partial charge in [0.15, 0.2) is 0 Å². The van der Waals surface area contributed by atoms with Crippen LogP contribution in [0.2, 0.25) is 0 Å². The zero-order valence-electron chi connectivity index (χ0n) is 11.7. The molecular formula is C15H21N3O2. The van der Waals surface area contributed by atoms with E-state index in [9.17, 15) is 9.59 Å². The van der Waals surface area contributed by atoms with Crippen molar-refractivity contribution < 1.29 is 9.59 Å². The molecule has 1 fully saturated rings. The van der Waals surface area contributed by atoms with Gasteiger partial charge in [0.05, 0.1) is 5.92 Å². The zero-order valence-corrected chi connectivity index (χ0v) is 11.7. The van der Waals surface area contributed by atoms with Crippen LogP contribution in [0.25, 0.3) is 0 Å². The first-order valence-electron chi connectivity index (χ1n) is 6.96. The Morgan fingerprint density at radius 1 is 1.25 bits per heavy atom. The van der Waals surface area contributed by atoms with E-state index in [1.54, 1.807) is 19.2 Å². The van der Waals surface area contributed by atoms with Gasteiger partial charge in [0.25, 0.3) is 5.91 Å². The second-order valence-electron chi connectivity index (χ2n) is 5.20. The molecule has 0 aromatic heterocycles. The molecule has 2 unspecified atom stereocenters. The predicted molar refractivity (Wildman–Crippen MR) is 77.0 cm³/mol. The van der Waals surface area contributed by atoms with E-state index in [2.05, 4.69) is 10.6 Å². The van der Waals surface area contributed by atoms with Crippen molar-refractivity contribution in [2.75, 3.05) is 7.05 Å². The second-order valence-corrected chi connectivity index (χ2v) is 5.20.